The van der Waals surface area contributed by atoms with Gasteiger partial charge in [0.25, 0.3) is 0 Å². The number of hydrazine groups is 1. The van der Waals surface area contributed by atoms with Gasteiger partial charge in [0, 0.05) is 27.0 Å². The minimum absolute atomic E-state index is 0.0905. The highest BCUT2D eigenvalue weighted by Gasteiger charge is 2.12. The van der Waals surface area contributed by atoms with Crippen molar-refractivity contribution < 1.29 is 9.90 Å². The Balaban J connectivity index is 5.11. The van der Waals surface area contributed by atoms with Gasteiger partial charge in [-0.3, -0.25) is 10.4 Å². The van der Waals surface area contributed by atoms with Gasteiger partial charge in [-0.05, 0) is 19.9 Å². The van der Waals surface area contributed by atoms with Crippen molar-refractivity contribution in [2.45, 2.75) is 13.8 Å². The Hall–Kier alpha value is -2.57. The van der Waals surface area contributed by atoms with Crippen molar-refractivity contribution in [2.75, 3.05) is 14.1 Å². The Bertz CT molecular complexity index is 465. The van der Waals surface area contributed by atoms with E-state index in [1.54, 1.807) is 32.2 Å². The predicted molar refractivity (Wildman–Crippen MR) is 81.0 cm³/mol. The van der Waals surface area contributed by atoms with Gasteiger partial charge in [0.15, 0.2) is 0 Å². The Labute approximate surface area is 119 Å². The van der Waals surface area contributed by atoms with E-state index in [0.29, 0.717) is 5.71 Å². The highest BCUT2D eigenvalue weighted by Crippen LogP contribution is 2.06. The lowest BCUT2D eigenvalue weighted by atomic mass is 10.1. The average molecular weight is 279 g/mol. The van der Waals surface area contributed by atoms with Crippen molar-refractivity contribution in [1.29, 1.82) is 0 Å². The quantitative estimate of drug-likeness (QED) is 0.304. The van der Waals surface area contributed by atoms with E-state index in [1.165, 1.54) is 17.3 Å². The van der Waals surface area contributed by atoms with Gasteiger partial charge in [0.05, 0.1) is 17.0 Å². The van der Waals surface area contributed by atoms with Crippen LogP contribution in [0.5, 0.6) is 0 Å². The number of hydrogen-bond donors (Lipinski definition) is 2. The molecule has 0 saturated heterocycles. The van der Waals surface area contributed by atoms with Gasteiger partial charge in [-0.1, -0.05) is 12.7 Å². The van der Waals surface area contributed by atoms with Crippen LogP contribution < -0.4 is 5.43 Å². The minimum atomic E-state index is -1.05. The topological polar surface area (TPSA) is 80.5 Å². The Morgan fingerprint density at radius 3 is 2.40 bits per heavy atom. The molecule has 0 heterocycles. The third-order valence-electron chi connectivity index (χ3n) is 2.51. The van der Waals surface area contributed by atoms with E-state index in [4.69, 9.17) is 5.11 Å². The average Bonchev–Trinajstić information content (AvgIpc) is 2.40. The van der Waals surface area contributed by atoms with Crippen LogP contribution in [-0.4, -0.2) is 47.7 Å². The number of rotatable bonds is 8. The molecule has 0 rings (SSSR count). The Morgan fingerprint density at radius 2 is 1.95 bits per heavy atom. The lowest BCUT2D eigenvalue weighted by Crippen LogP contribution is -2.32. The number of hydrogen-bond acceptors (Lipinski definition) is 6. The summed E-state index contributed by atoms with van der Waals surface area (Å²) in [4.78, 5) is 11.1. The normalized spacial score (nSPS) is 12.7. The Morgan fingerprint density at radius 1 is 1.35 bits per heavy atom. The van der Waals surface area contributed by atoms with E-state index in [1.807, 2.05) is 6.92 Å². The van der Waals surface area contributed by atoms with Gasteiger partial charge in [-0.15, -0.1) is 0 Å². The summed E-state index contributed by atoms with van der Waals surface area (Å²) in [6, 6.07) is 0. The first-order valence-corrected chi connectivity index (χ1v) is 5.82. The SMILES string of the molecule is C=C/C=C(C(=O)O)\C(C)=N\N(C)N(C)/C(C)=C\NN=C. The summed E-state index contributed by atoms with van der Waals surface area (Å²) in [5.74, 6) is -1.05. The van der Waals surface area contributed by atoms with Gasteiger partial charge >= 0.3 is 5.97 Å². The molecule has 0 radical (unpaired) electrons. The molecule has 0 fully saturated rings. The first kappa shape index (κ1) is 17.4. The fourth-order valence-corrected chi connectivity index (χ4v) is 1.26. The standard InChI is InChI=1S/C13H21N5O2/c1-7-8-12(13(19)20)11(3)16-18(6)17(5)10(2)9-15-14-4/h7-9,15H,1,4H2,2-3,5-6H3,(H,19,20)/b10-9-,12-8+,16-11+. The molecule has 0 bridgehead atoms. The van der Waals surface area contributed by atoms with E-state index in [-0.39, 0.29) is 5.57 Å². The predicted octanol–water partition coefficient (Wildman–Crippen LogP) is 1.40. The van der Waals surface area contributed by atoms with Crippen molar-refractivity contribution in [1.82, 2.24) is 15.6 Å². The number of carboxylic acids is 1. The molecule has 0 spiro atoms. The fraction of sp³-hybridized carbons (Fsp3) is 0.308. The molecule has 0 aromatic rings. The van der Waals surface area contributed by atoms with E-state index < -0.39 is 5.97 Å². The maximum absolute atomic E-state index is 11.1. The molecule has 110 valence electrons. The number of carboxylic acid groups (broad SMARTS) is 1. The van der Waals surface area contributed by atoms with Crippen LogP contribution in [0.25, 0.3) is 0 Å². The second-order valence-electron chi connectivity index (χ2n) is 3.89. The van der Waals surface area contributed by atoms with Crippen LogP contribution in [0.15, 0.2) is 46.4 Å². The van der Waals surface area contributed by atoms with Gasteiger partial charge in [0.1, 0.15) is 0 Å². The maximum Gasteiger partial charge on any atom is 0.337 e. The molecule has 7 nitrogen and oxygen atoms in total. The molecule has 0 saturated carbocycles. The zero-order chi connectivity index (χ0) is 15.7. The Kier molecular flexibility index (Phi) is 7.42. The molecule has 0 amide bonds. The number of nitrogens with zero attached hydrogens (tertiary/aromatic N) is 4. The van der Waals surface area contributed by atoms with Crippen LogP contribution in [0.4, 0.5) is 0 Å². The lowest BCUT2D eigenvalue weighted by Gasteiger charge is -2.28. The fourth-order valence-electron chi connectivity index (χ4n) is 1.26. The van der Waals surface area contributed by atoms with Crippen LogP contribution in [0.2, 0.25) is 0 Å². The summed E-state index contributed by atoms with van der Waals surface area (Å²) in [6.07, 6.45) is 4.46. The minimum Gasteiger partial charge on any atom is -0.478 e. The molecular weight excluding hydrogens is 258 g/mol. The molecule has 0 unspecified atom stereocenters. The molecule has 7 heteroatoms. The molecular formula is C13H21N5O2. The molecule has 2 N–H and O–H groups in total. The monoisotopic (exact) mass is 279 g/mol. The highest BCUT2D eigenvalue weighted by molar-refractivity contribution is 6.18. The summed E-state index contributed by atoms with van der Waals surface area (Å²) in [5, 5.41) is 20.0. The second kappa shape index (κ2) is 8.52. The van der Waals surface area contributed by atoms with E-state index in [9.17, 15) is 4.79 Å². The molecule has 0 aromatic carbocycles. The number of carbonyl (C=O) groups is 1. The summed E-state index contributed by atoms with van der Waals surface area (Å²) in [7, 11) is 3.49. The smallest absolute Gasteiger partial charge is 0.337 e. The molecule has 0 aliphatic rings. The zero-order valence-corrected chi connectivity index (χ0v) is 12.3. The summed E-state index contributed by atoms with van der Waals surface area (Å²) in [5.41, 5.74) is 3.90. The lowest BCUT2D eigenvalue weighted by molar-refractivity contribution is -0.132. The summed E-state index contributed by atoms with van der Waals surface area (Å²) < 4.78 is 0. The molecule has 0 aliphatic heterocycles. The molecule has 0 atom stereocenters. The summed E-state index contributed by atoms with van der Waals surface area (Å²) in [6.45, 7) is 10.3. The van der Waals surface area contributed by atoms with Crippen molar-refractivity contribution in [3.05, 3.63) is 36.2 Å². The van der Waals surface area contributed by atoms with Crippen LogP contribution in [-0.2, 0) is 4.79 Å². The van der Waals surface area contributed by atoms with E-state index in [0.717, 1.165) is 5.70 Å². The van der Waals surface area contributed by atoms with Crippen LogP contribution in [0.3, 0.4) is 0 Å². The van der Waals surface area contributed by atoms with Gasteiger partial charge in [0.2, 0.25) is 0 Å². The first-order valence-electron chi connectivity index (χ1n) is 5.82. The maximum atomic E-state index is 11.1. The molecule has 0 aromatic heterocycles. The van der Waals surface area contributed by atoms with E-state index >= 15 is 0 Å². The summed E-state index contributed by atoms with van der Waals surface area (Å²) >= 11 is 0. The number of hydrazone groups is 2. The molecule has 0 aliphatic carbocycles. The van der Waals surface area contributed by atoms with Crippen molar-refractivity contribution in [2.24, 2.45) is 10.2 Å². The van der Waals surface area contributed by atoms with Gasteiger partial charge in [-0.2, -0.15) is 10.2 Å². The number of nitrogens with one attached hydrogen (secondary N) is 1. The largest absolute Gasteiger partial charge is 0.478 e. The van der Waals surface area contributed by atoms with Gasteiger partial charge in [-0.25, -0.2) is 9.91 Å². The number of aliphatic carboxylic acids is 1. The van der Waals surface area contributed by atoms with Crippen molar-refractivity contribution in [3.63, 3.8) is 0 Å². The molecule has 20 heavy (non-hydrogen) atoms. The third kappa shape index (κ3) is 5.38. The zero-order valence-electron chi connectivity index (χ0n) is 12.3. The number of allylic oxidation sites excluding steroid dienone is 3. The van der Waals surface area contributed by atoms with Crippen LogP contribution in [0.1, 0.15) is 13.8 Å². The van der Waals surface area contributed by atoms with Crippen LogP contribution >= 0.6 is 0 Å². The van der Waals surface area contributed by atoms with Crippen molar-refractivity contribution >= 4 is 18.4 Å². The van der Waals surface area contributed by atoms with Gasteiger partial charge < -0.3 is 5.11 Å². The van der Waals surface area contributed by atoms with E-state index in [2.05, 4.69) is 28.9 Å². The first-order chi connectivity index (χ1) is 9.34. The third-order valence-corrected chi connectivity index (χ3v) is 2.51. The van der Waals surface area contributed by atoms with Crippen molar-refractivity contribution in [3.8, 4) is 0 Å². The highest BCUT2D eigenvalue weighted by atomic mass is 16.4. The second-order valence-corrected chi connectivity index (χ2v) is 3.89. The van der Waals surface area contributed by atoms with Crippen LogP contribution in [0, 0.1) is 0 Å².